The maximum absolute atomic E-state index is 13.0. The molecule has 0 heterocycles. The molecule has 1 N–H and O–H groups in total. The van der Waals surface area contributed by atoms with Crippen LogP contribution < -0.4 is 5.32 Å². The summed E-state index contributed by atoms with van der Waals surface area (Å²) >= 11 is 0. The Morgan fingerprint density at radius 1 is 0.833 bits per heavy atom. The molecule has 0 aliphatic heterocycles. The van der Waals surface area contributed by atoms with Crippen molar-refractivity contribution < 1.29 is 48.1 Å². The van der Waals surface area contributed by atoms with E-state index in [1.165, 1.54) is 0 Å². The van der Waals surface area contributed by atoms with E-state index in [2.05, 4.69) is 5.32 Å². The van der Waals surface area contributed by atoms with Crippen LogP contribution in [-0.2, 0) is 14.5 Å². The third-order valence-corrected chi connectivity index (χ3v) is 3.62. The number of alkyl halides is 7. The highest BCUT2D eigenvalue weighted by Gasteiger charge is 2.66. The van der Waals surface area contributed by atoms with Crippen LogP contribution >= 0.6 is 0 Å². The molecule has 0 aliphatic rings. The Hall–Kier alpha value is -0.690. The second-order valence-electron chi connectivity index (χ2n) is 4.77. The Balaban J connectivity index is 0. The first-order valence-electron chi connectivity index (χ1n) is 6.64. The van der Waals surface area contributed by atoms with Crippen molar-refractivity contribution in [1.82, 2.24) is 5.32 Å². The van der Waals surface area contributed by atoms with Gasteiger partial charge in [-0.25, -0.2) is 0 Å². The standard InChI is InChI=1S/C9H12F8O3S.C2H7N/c10-7(11,9(15,16)21(18,19)20-17)5-3-1-2-4-6-8(12,13)14;1-3-2/h1-6H2;3H,1-2H3. The van der Waals surface area contributed by atoms with Gasteiger partial charge in [0.05, 0.1) is 0 Å². The van der Waals surface area contributed by atoms with E-state index >= 15 is 0 Å². The largest absolute Gasteiger partial charge is 0.434 e. The number of unbranched alkanes of at least 4 members (excludes halogenated alkanes) is 3. The molecule has 0 aromatic heterocycles. The molecule has 0 saturated heterocycles. The van der Waals surface area contributed by atoms with Crippen LogP contribution in [0.1, 0.15) is 38.5 Å². The van der Waals surface area contributed by atoms with Crippen LogP contribution in [0.25, 0.3) is 0 Å². The summed E-state index contributed by atoms with van der Waals surface area (Å²) in [5.74, 6) is -5.10. The van der Waals surface area contributed by atoms with Crippen LogP contribution in [0.5, 0.6) is 0 Å². The molecule has 0 rings (SSSR count). The van der Waals surface area contributed by atoms with Gasteiger partial charge in [-0.2, -0.15) is 39.2 Å². The zero-order valence-electron chi connectivity index (χ0n) is 12.9. The van der Waals surface area contributed by atoms with E-state index in [9.17, 15) is 43.7 Å². The molecule has 0 fully saturated rings. The predicted octanol–water partition coefficient (Wildman–Crippen LogP) is 4.18. The van der Waals surface area contributed by atoms with E-state index < -0.39 is 46.7 Å². The van der Waals surface area contributed by atoms with Gasteiger partial charge in [-0.05, 0) is 31.5 Å². The van der Waals surface area contributed by atoms with Crippen molar-refractivity contribution in [3.8, 4) is 0 Å². The van der Waals surface area contributed by atoms with E-state index in [0.29, 0.717) is 0 Å². The minimum absolute atomic E-state index is 0.145. The lowest BCUT2D eigenvalue weighted by molar-refractivity contribution is -0.173. The molecule has 0 spiro atoms. The van der Waals surface area contributed by atoms with E-state index in [-0.39, 0.29) is 19.3 Å². The average Bonchev–Trinajstić information content (AvgIpc) is 2.42. The molecular formula is C11H19F8NO3S. The molecule has 0 radical (unpaired) electrons. The van der Waals surface area contributed by atoms with Gasteiger partial charge in [0.25, 0.3) is 0 Å². The van der Waals surface area contributed by atoms with Crippen molar-refractivity contribution in [3.05, 3.63) is 0 Å². The van der Waals surface area contributed by atoms with Crippen molar-refractivity contribution >= 4 is 10.1 Å². The maximum Gasteiger partial charge on any atom is 0.434 e. The third-order valence-electron chi connectivity index (χ3n) is 2.52. The summed E-state index contributed by atoms with van der Waals surface area (Å²) in [6.45, 7) is 0. The molecular weight excluding hydrogens is 378 g/mol. The first-order chi connectivity index (χ1) is 10.7. The van der Waals surface area contributed by atoms with Gasteiger partial charge < -0.3 is 5.32 Å². The van der Waals surface area contributed by atoms with Crippen LogP contribution in [0.15, 0.2) is 0 Å². The van der Waals surface area contributed by atoms with Crippen molar-refractivity contribution in [3.63, 3.8) is 0 Å². The lowest BCUT2D eigenvalue weighted by atomic mass is 10.1. The molecule has 0 unspecified atom stereocenters. The molecule has 0 saturated carbocycles. The summed E-state index contributed by atoms with van der Waals surface area (Å²) in [6, 6.07) is 0. The Kier molecular flexibility index (Phi) is 11.0. The van der Waals surface area contributed by atoms with Gasteiger partial charge in [-0.1, -0.05) is 17.2 Å². The smallest absolute Gasteiger partial charge is 0.323 e. The molecule has 13 heteroatoms. The molecule has 0 bridgehead atoms. The van der Waals surface area contributed by atoms with Crippen molar-refractivity contribution in [2.45, 2.75) is 55.9 Å². The van der Waals surface area contributed by atoms with E-state index in [1.54, 1.807) is 0 Å². The lowest BCUT2D eigenvalue weighted by Crippen LogP contribution is -2.47. The van der Waals surface area contributed by atoms with Crippen LogP contribution in [-0.4, -0.2) is 39.9 Å². The van der Waals surface area contributed by atoms with Gasteiger partial charge >= 0.3 is 27.5 Å². The first-order valence-corrected chi connectivity index (χ1v) is 8.05. The van der Waals surface area contributed by atoms with E-state index in [4.69, 9.17) is 0 Å². The van der Waals surface area contributed by atoms with Gasteiger partial charge in [0, 0.05) is 12.8 Å². The van der Waals surface area contributed by atoms with Gasteiger partial charge in [0.15, 0.2) is 0 Å². The quantitative estimate of drug-likeness (QED) is 0.468. The summed E-state index contributed by atoms with van der Waals surface area (Å²) in [7, 11) is -2.67. The molecule has 148 valence electrons. The minimum atomic E-state index is -6.42. The normalized spacial score (nSPS) is 13.4. The molecule has 0 aromatic carbocycles. The molecule has 0 aliphatic carbocycles. The topological polar surface area (TPSA) is 55.4 Å². The van der Waals surface area contributed by atoms with Crippen LogP contribution in [0.4, 0.5) is 35.3 Å². The number of rotatable bonds is 9. The Morgan fingerprint density at radius 3 is 1.54 bits per heavy atom. The Morgan fingerprint density at radius 2 is 1.21 bits per heavy atom. The Bertz CT molecular complexity index is 439. The summed E-state index contributed by atoms with van der Waals surface area (Å²) in [5.41, 5.74) is 0. The van der Waals surface area contributed by atoms with Crippen molar-refractivity contribution in [2.75, 3.05) is 14.1 Å². The fraction of sp³-hybridized carbons (Fsp3) is 1.00. The van der Waals surface area contributed by atoms with Crippen molar-refractivity contribution in [2.24, 2.45) is 0 Å². The minimum Gasteiger partial charge on any atom is -0.323 e. The number of hydrogen-bond acceptors (Lipinski definition) is 4. The van der Waals surface area contributed by atoms with Gasteiger partial charge in [-0.15, -0.1) is 0 Å². The highest BCUT2D eigenvalue weighted by Crippen LogP contribution is 2.43. The average molecular weight is 397 g/mol. The van der Waals surface area contributed by atoms with Gasteiger partial charge in [0.1, 0.15) is 0 Å². The van der Waals surface area contributed by atoms with Crippen LogP contribution in [0.2, 0.25) is 0 Å². The second-order valence-corrected chi connectivity index (χ2v) is 6.31. The van der Waals surface area contributed by atoms with E-state index in [1.807, 2.05) is 18.5 Å². The first kappa shape index (κ1) is 25.5. The zero-order valence-corrected chi connectivity index (χ0v) is 13.7. The van der Waals surface area contributed by atoms with E-state index in [0.717, 1.165) is 0 Å². The molecule has 24 heavy (non-hydrogen) atoms. The Labute approximate surface area is 134 Å². The zero-order chi connectivity index (χ0) is 19.7. The number of hydrogen-bond donors (Lipinski definition) is 1. The maximum atomic E-state index is 13.0. The highest BCUT2D eigenvalue weighted by molar-refractivity contribution is 7.87. The summed E-state index contributed by atoms with van der Waals surface area (Å²) < 4.78 is 121. The predicted molar refractivity (Wildman–Crippen MR) is 69.7 cm³/mol. The fourth-order valence-corrected chi connectivity index (χ4v) is 1.94. The number of halogens is 8. The number of nitrogens with one attached hydrogen (secondary N) is 1. The lowest BCUT2D eigenvalue weighted by Gasteiger charge is -2.23. The monoisotopic (exact) mass is 397 g/mol. The second kappa shape index (κ2) is 10.3. The fourth-order valence-electron chi connectivity index (χ4n) is 1.39. The van der Waals surface area contributed by atoms with Gasteiger partial charge in [-0.3, -0.25) is 0 Å². The third kappa shape index (κ3) is 8.97. The highest BCUT2D eigenvalue weighted by atomic mass is 32.2. The molecule has 0 aromatic rings. The molecule has 0 atom stereocenters. The summed E-state index contributed by atoms with van der Waals surface area (Å²) in [5, 5.41) is -3.01. The van der Waals surface area contributed by atoms with Crippen molar-refractivity contribution in [1.29, 1.82) is 0 Å². The van der Waals surface area contributed by atoms with Crippen LogP contribution in [0.3, 0.4) is 0 Å². The molecule has 4 nitrogen and oxygen atoms in total. The molecule has 0 amide bonds. The summed E-state index contributed by atoms with van der Waals surface area (Å²) in [6.07, 6.45) is -8.56. The summed E-state index contributed by atoms with van der Waals surface area (Å²) in [4.78, 5) is 0. The van der Waals surface area contributed by atoms with Gasteiger partial charge in [0.2, 0.25) is 0 Å². The van der Waals surface area contributed by atoms with Crippen LogP contribution in [0, 0.1) is 0 Å². The SMILES string of the molecule is CNC.O=S(=O)(OF)C(F)(F)C(F)(F)CCCCCCC(F)(F)F.